The lowest BCUT2D eigenvalue weighted by Gasteiger charge is -2.15. The van der Waals surface area contributed by atoms with Crippen molar-refractivity contribution >= 4 is 35.1 Å². The smallest absolute Gasteiger partial charge is 0.326 e. The summed E-state index contributed by atoms with van der Waals surface area (Å²) in [5.74, 6) is -1.58. The van der Waals surface area contributed by atoms with Crippen LogP contribution in [0.4, 0.5) is 0 Å². The molecule has 0 heterocycles. The largest absolute Gasteiger partial charge is 0.480 e. The van der Waals surface area contributed by atoms with E-state index in [0.29, 0.717) is 15.6 Å². The van der Waals surface area contributed by atoms with E-state index in [1.807, 2.05) is 0 Å². The van der Waals surface area contributed by atoms with E-state index in [9.17, 15) is 14.7 Å². The summed E-state index contributed by atoms with van der Waals surface area (Å²) in [6.07, 6.45) is 0.148. The summed E-state index contributed by atoms with van der Waals surface area (Å²) >= 11 is 11.6. The number of amides is 1. The first-order valence-electron chi connectivity index (χ1n) is 6.49. The van der Waals surface area contributed by atoms with Crippen LogP contribution < -0.4 is 5.32 Å². The van der Waals surface area contributed by atoms with E-state index in [4.69, 9.17) is 23.2 Å². The first-order chi connectivity index (χ1) is 10.5. The van der Waals surface area contributed by atoms with Crippen molar-refractivity contribution in [2.24, 2.45) is 0 Å². The topological polar surface area (TPSA) is 66.4 Å². The number of hydrogen-bond donors (Lipinski definition) is 2. The standard InChI is InChI=1S/C16H13Cl2NO3/c17-12-6-4-11(5-7-12)15(20)19-14(16(21)22)9-10-2-1-3-13(18)8-10/h1-8,14H,9H2,(H,19,20)(H,21,22)/t14-/m1/s1. The fourth-order valence-electron chi connectivity index (χ4n) is 1.94. The van der Waals surface area contributed by atoms with Crippen LogP contribution in [0.2, 0.25) is 10.0 Å². The van der Waals surface area contributed by atoms with E-state index in [-0.39, 0.29) is 6.42 Å². The van der Waals surface area contributed by atoms with Crippen LogP contribution in [0.5, 0.6) is 0 Å². The van der Waals surface area contributed by atoms with Crippen molar-refractivity contribution in [1.82, 2.24) is 5.32 Å². The summed E-state index contributed by atoms with van der Waals surface area (Å²) < 4.78 is 0. The molecule has 0 aromatic heterocycles. The van der Waals surface area contributed by atoms with Gasteiger partial charge in [0.25, 0.3) is 5.91 Å². The van der Waals surface area contributed by atoms with Crippen LogP contribution in [0.15, 0.2) is 48.5 Å². The van der Waals surface area contributed by atoms with Gasteiger partial charge >= 0.3 is 5.97 Å². The van der Waals surface area contributed by atoms with E-state index >= 15 is 0 Å². The monoisotopic (exact) mass is 337 g/mol. The predicted octanol–water partition coefficient (Wildman–Crippen LogP) is 3.42. The van der Waals surface area contributed by atoms with E-state index in [2.05, 4.69) is 5.32 Å². The van der Waals surface area contributed by atoms with E-state index < -0.39 is 17.9 Å². The molecule has 0 aliphatic rings. The quantitative estimate of drug-likeness (QED) is 0.878. The highest BCUT2D eigenvalue weighted by Crippen LogP contribution is 2.13. The Morgan fingerprint density at radius 2 is 1.73 bits per heavy atom. The van der Waals surface area contributed by atoms with Gasteiger partial charge in [0.05, 0.1) is 0 Å². The van der Waals surface area contributed by atoms with Crippen LogP contribution in [0.3, 0.4) is 0 Å². The predicted molar refractivity (Wildman–Crippen MR) is 85.5 cm³/mol. The molecular weight excluding hydrogens is 325 g/mol. The fourth-order valence-corrected chi connectivity index (χ4v) is 2.28. The fraction of sp³-hybridized carbons (Fsp3) is 0.125. The Kier molecular flexibility index (Phi) is 5.41. The minimum Gasteiger partial charge on any atom is -0.480 e. The SMILES string of the molecule is O=C(N[C@H](Cc1cccc(Cl)c1)C(=O)O)c1ccc(Cl)cc1. The molecule has 6 heteroatoms. The van der Waals surface area contributed by atoms with Crippen LogP contribution >= 0.6 is 23.2 Å². The minimum absolute atomic E-state index is 0.148. The number of hydrogen-bond acceptors (Lipinski definition) is 2. The lowest BCUT2D eigenvalue weighted by Crippen LogP contribution is -2.42. The van der Waals surface area contributed by atoms with Crippen molar-refractivity contribution in [3.63, 3.8) is 0 Å². The molecule has 0 aliphatic carbocycles. The van der Waals surface area contributed by atoms with Gasteiger partial charge in [-0.05, 0) is 42.0 Å². The molecule has 0 unspecified atom stereocenters. The number of rotatable bonds is 5. The van der Waals surface area contributed by atoms with Gasteiger partial charge in [-0.25, -0.2) is 4.79 Å². The maximum Gasteiger partial charge on any atom is 0.326 e. The Balaban J connectivity index is 2.10. The highest BCUT2D eigenvalue weighted by atomic mass is 35.5. The number of aliphatic carboxylic acids is 1. The van der Waals surface area contributed by atoms with E-state index in [0.717, 1.165) is 5.56 Å². The summed E-state index contributed by atoms with van der Waals surface area (Å²) in [6.45, 7) is 0. The molecule has 0 aliphatic heterocycles. The number of nitrogens with one attached hydrogen (secondary N) is 1. The molecule has 0 saturated heterocycles. The number of halogens is 2. The first kappa shape index (κ1) is 16.3. The first-order valence-corrected chi connectivity index (χ1v) is 7.25. The van der Waals surface area contributed by atoms with Gasteiger partial charge in [0, 0.05) is 22.0 Å². The third kappa shape index (κ3) is 4.48. The average Bonchev–Trinajstić information content (AvgIpc) is 2.47. The normalized spacial score (nSPS) is 11.7. The molecule has 0 bridgehead atoms. The average molecular weight is 338 g/mol. The Bertz CT molecular complexity index is 686. The molecule has 0 spiro atoms. The maximum atomic E-state index is 12.1. The molecule has 114 valence electrons. The third-order valence-corrected chi connectivity index (χ3v) is 3.53. The zero-order valence-corrected chi connectivity index (χ0v) is 12.9. The van der Waals surface area contributed by atoms with Gasteiger partial charge in [0.15, 0.2) is 0 Å². The number of carbonyl (C=O) groups is 2. The molecule has 0 fully saturated rings. The second kappa shape index (κ2) is 7.29. The van der Waals surface area contributed by atoms with Crippen LogP contribution in [-0.4, -0.2) is 23.0 Å². The second-order valence-corrected chi connectivity index (χ2v) is 5.58. The van der Waals surface area contributed by atoms with Gasteiger partial charge < -0.3 is 10.4 Å². The van der Waals surface area contributed by atoms with Gasteiger partial charge in [-0.3, -0.25) is 4.79 Å². The lowest BCUT2D eigenvalue weighted by atomic mass is 10.1. The summed E-state index contributed by atoms with van der Waals surface area (Å²) in [6, 6.07) is 12.0. The number of benzene rings is 2. The van der Waals surface area contributed by atoms with E-state index in [1.165, 1.54) is 12.1 Å². The van der Waals surface area contributed by atoms with Gasteiger partial charge in [-0.1, -0.05) is 35.3 Å². The molecule has 1 amide bonds. The molecule has 1 atom stereocenters. The zero-order valence-electron chi connectivity index (χ0n) is 11.4. The highest BCUT2D eigenvalue weighted by molar-refractivity contribution is 6.30. The molecule has 0 radical (unpaired) electrons. The number of carboxylic acid groups (broad SMARTS) is 1. The van der Waals surface area contributed by atoms with Crippen molar-refractivity contribution < 1.29 is 14.7 Å². The van der Waals surface area contributed by atoms with Gasteiger partial charge in [-0.15, -0.1) is 0 Å². The summed E-state index contributed by atoms with van der Waals surface area (Å²) in [5, 5.41) is 12.8. The Morgan fingerprint density at radius 3 is 2.32 bits per heavy atom. The van der Waals surface area contributed by atoms with Crippen molar-refractivity contribution in [3.8, 4) is 0 Å². The Hall–Kier alpha value is -2.04. The molecule has 2 rings (SSSR count). The number of carbonyl (C=O) groups excluding carboxylic acids is 1. The van der Waals surface area contributed by atoms with Crippen molar-refractivity contribution in [1.29, 1.82) is 0 Å². The van der Waals surface area contributed by atoms with Crippen LogP contribution in [0.1, 0.15) is 15.9 Å². The molecule has 0 saturated carbocycles. The molecule has 4 nitrogen and oxygen atoms in total. The second-order valence-electron chi connectivity index (χ2n) is 4.71. The summed E-state index contributed by atoms with van der Waals surface area (Å²) in [4.78, 5) is 23.4. The highest BCUT2D eigenvalue weighted by Gasteiger charge is 2.21. The van der Waals surface area contributed by atoms with Crippen molar-refractivity contribution in [2.75, 3.05) is 0 Å². The Morgan fingerprint density at radius 1 is 1.05 bits per heavy atom. The molecular formula is C16H13Cl2NO3. The van der Waals surface area contributed by atoms with Gasteiger partial charge in [0.2, 0.25) is 0 Å². The number of carboxylic acids is 1. The zero-order chi connectivity index (χ0) is 16.1. The van der Waals surface area contributed by atoms with Crippen LogP contribution in [-0.2, 0) is 11.2 Å². The summed E-state index contributed by atoms with van der Waals surface area (Å²) in [7, 11) is 0. The third-order valence-electron chi connectivity index (χ3n) is 3.04. The van der Waals surface area contributed by atoms with Crippen LogP contribution in [0.25, 0.3) is 0 Å². The van der Waals surface area contributed by atoms with Crippen molar-refractivity contribution in [3.05, 3.63) is 69.7 Å². The lowest BCUT2D eigenvalue weighted by molar-refractivity contribution is -0.139. The molecule has 2 aromatic carbocycles. The maximum absolute atomic E-state index is 12.1. The van der Waals surface area contributed by atoms with E-state index in [1.54, 1.807) is 36.4 Å². The van der Waals surface area contributed by atoms with Crippen molar-refractivity contribution in [2.45, 2.75) is 12.5 Å². The molecule has 2 N–H and O–H groups in total. The minimum atomic E-state index is -1.11. The Labute approximate surface area is 137 Å². The van der Waals surface area contributed by atoms with Gasteiger partial charge in [-0.2, -0.15) is 0 Å². The van der Waals surface area contributed by atoms with Crippen LogP contribution in [0, 0.1) is 0 Å². The molecule has 2 aromatic rings. The van der Waals surface area contributed by atoms with Gasteiger partial charge in [0.1, 0.15) is 6.04 Å². The molecule has 22 heavy (non-hydrogen) atoms. The summed E-state index contributed by atoms with van der Waals surface area (Å²) in [5.41, 5.74) is 1.08.